The van der Waals surface area contributed by atoms with Gasteiger partial charge in [-0.05, 0) is 49.8 Å². The van der Waals surface area contributed by atoms with Crippen molar-refractivity contribution >= 4 is 5.91 Å². The minimum absolute atomic E-state index is 0.122. The van der Waals surface area contributed by atoms with Gasteiger partial charge in [0, 0.05) is 43.8 Å². The third-order valence-electron chi connectivity index (χ3n) is 6.29. The summed E-state index contributed by atoms with van der Waals surface area (Å²) in [5.74, 6) is 2.13. The van der Waals surface area contributed by atoms with Crippen LogP contribution in [0.15, 0.2) is 30.7 Å². The molecule has 5 heteroatoms. The number of amides is 1. The predicted octanol–water partition coefficient (Wildman–Crippen LogP) is 4.27. The maximum absolute atomic E-state index is 12.9. The van der Waals surface area contributed by atoms with Crippen LogP contribution in [-0.2, 0) is 11.3 Å². The quantitative estimate of drug-likeness (QED) is 0.767. The van der Waals surface area contributed by atoms with Crippen LogP contribution in [0.2, 0.25) is 0 Å². The molecule has 2 aromatic heterocycles. The Morgan fingerprint density at radius 1 is 1.15 bits per heavy atom. The van der Waals surface area contributed by atoms with E-state index in [2.05, 4.69) is 21.4 Å². The molecule has 1 aliphatic carbocycles. The molecule has 1 saturated heterocycles. The van der Waals surface area contributed by atoms with Crippen molar-refractivity contribution in [1.29, 1.82) is 0 Å². The first-order valence-electron chi connectivity index (χ1n) is 10.4. The highest BCUT2D eigenvalue weighted by atomic mass is 16.2. The highest BCUT2D eigenvalue weighted by Crippen LogP contribution is 2.34. The molecule has 0 aromatic carbocycles. The van der Waals surface area contributed by atoms with Gasteiger partial charge in [0.05, 0.1) is 6.04 Å². The summed E-state index contributed by atoms with van der Waals surface area (Å²) in [7, 11) is 0. The van der Waals surface area contributed by atoms with Gasteiger partial charge in [-0.15, -0.1) is 0 Å². The molecule has 0 N–H and O–H groups in total. The number of imidazole rings is 1. The summed E-state index contributed by atoms with van der Waals surface area (Å²) in [6.07, 6.45) is 14.8. The molecule has 1 aliphatic heterocycles. The van der Waals surface area contributed by atoms with Gasteiger partial charge in [0.15, 0.2) is 0 Å². The highest BCUT2D eigenvalue weighted by Gasteiger charge is 2.33. The van der Waals surface area contributed by atoms with E-state index in [1.165, 1.54) is 31.2 Å². The Labute approximate surface area is 161 Å². The lowest BCUT2D eigenvalue weighted by Crippen LogP contribution is -2.32. The molecule has 2 fully saturated rings. The van der Waals surface area contributed by atoms with Crippen LogP contribution in [0.25, 0.3) is 0 Å². The van der Waals surface area contributed by atoms with Crippen LogP contribution in [0, 0.1) is 12.8 Å². The molecule has 144 valence electrons. The van der Waals surface area contributed by atoms with Gasteiger partial charge in [-0.2, -0.15) is 0 Å². The van der Waals surface area contributed by atoms with Gasteiger partial charge in [-0.25, -0.2) is 4.98 Å². The number of rotatable bonds is 6. The SMILES string of the molecule is Cc1cnc(C2CCCN2C(=O)CCC2CCCC2)n1Cc1ccncc1. The second-order valence-electron chi connectivity index (χ2n) is 8.13. The van der Waals surface area contributed by atoms with Crippen molar-refractivity contribution in [1.82, 2.24) is 19.4 Å². The van der Waals surface area contributed by atoms with Crippen LogP contribution < -0.4 is 0 Å². The van der Waals surface area contributed by atoms with Crippen molar-refractivity contribution in [3.8, 4) is 0 Å². The van der Waals surface area contributed by atoms with Gasteiger partial charge in [-0.1, -0.05) is 25.7 Å². The Morgan fingerprint density at radius 2 is 1.93 bits per heavy atom. The minimum Gasteiger partial charge on any atom is -0.333 e. The Morgan fingerprint density at radius 3 is 2.70 bits per heavy atom. The molecule has 1 atom stereocenters. The molecule has 0 spiro atoms. The number of nitrogens with zero attached hydrogens (tertiary/aromatic N) is 4. The maximum atomic E-state index is 12.9. The number of carbonyl (C=O) groups is 1. The zero-order valence-corrected chi connectivity index (χ0v) is 16.3. The first-order valence-corrected chi connectivity index (χ1v) is 10.4. The zero-order valence-electron chi connectivity index (χ0n) is 16.3. The van der Waals surface area contributed by atoms with Gasteiger partial charge in [-0.3, -0.25) is 9.78 Å². The zero-order chi connectivity index (χ0) is 18.6. The van der Waals surface area contributed by atoms with Gasteiger partial charge in [0.1, 0.15) is 5.82 Å². The number of carbonyl (C=O) groups excluding carboxylic acids is 1. The molecule has 1 unspecified atom stereocenters. The molecule has 1 amide bonds. The van der Waals surface area contributed by atoms with E-state index < -0.39 is 0 Å². The first-order chi connectivity index (χ1) is 13.2. The highest BCUT2D eigenvalue weighted by molar-refractivity contribution is 5.77. The second-order valence-corrected chi connectivity index (χ2v) is 8.13. The van der Waals surface area contributed by atoms with Crippen LogP contribution in [-0.4, -0.2) is 31.9 Å². The summed E-state index contributed by atoms with van der Waals surface area (Å²) >= 11 is 0. The maximum Gasteiger partial charge on any atom is 0.223 e. The number of aromatic nitrogens is 3. The normalized spacial score (nSPS) is 20.5. The van der Waals surface area contributed by atoms with E-state index in [9.17, 15) is 4.79 Å². The fourth-order valence-electron chi connectivity index (χ4n) is 4.73. The van der Waals surface area contributed by atoms with E-state index in [0.717, 1.165) is 49.8 Å². The van der Waals surface area contributed by atoms with Crippen molar-refractivity contribution in [3.63, 3.8) is 0 Å². The van der Waals surface area contributed by atoms with Crippen LogP contribution >= 0.6 is 0 Å². The number of likely N-dealkylation sites (tertiary alicyclic amines) is 1. The molecule has 2 aliphatic rings. The number of pyridine rings is 1. The summed E-state index contributed by atoms with van der Waals surface area (Å²) < 4.78 is 2.27. The Balaban J connectivity index is 1.47. The molecule has 0 bridgehead atoms. The average Bonchev–Trinajstić information content (AvgIpc) is 3.43. The molecular weight excluding hydrogens is 336 g/mol. The van der Waals surface area contributed by atoms with E-state index in [4.69, 9.17) is 4.98 Å². The van der Waals surface area contributed by atoms with Crippen molar-refractivity contribution in [2.45, 2.75) is 70.9 Å². The van der Waals surface area contributed by atoms with Gasteiger partial charge < -0.3 is 9.47 Å². The smallest absolute Gasteiger partial charge is 0.223 e. The van der Waals surface area contributed by atoms with Gasteiger partial charge in [0.2, 0.25) is 5.91 Å². The summed E-state index contributed by atoms with van der Waals surface area (Å²) in [5.41, 5.74) is 2.36. The fraction of sp³-hybridized carbons (Fsp3) is 0.591. The topological polar surface area (TPSA) is 51.0 Å². The molecule has 0 radical (unpaired) electrons. The van der Waals surface area contributed by atoms with Crippen molar-refractivity contribution in [2.75, 3.05) is 6.54 Å². The molecule has 2 aromatic rings. The largest absolute Gasteiger partial charge is 0.333 e. The third-order valence-corrected chi connectivity index (χ3v) is 6.29. The van der Waals surface area contributed by atoms with E-state index in [0.29, 0.717) is 12.3 Å². The number of hydrogen-bond acceptors (Lipinski definition) is 3. The summed E-state index contributed by atoms with van der Waals surface area (Å²) in [6.45, 7) is 3.75. The monoisotopic (exact) mass is 366 g/mol. The van der Waals surface area contributed by atoms with E-state index in [-0.39, 0.29) is 6.04 Å². The van der Waals surface area contributed by atoms with Crippen LogP contribution in [0.1, 0.15) is 74.5 Å². The Kier molecular flexibility index (Phi) is 5.55. The van der Waals surface area contributed by atoms with Crippen molar-refractivity contribution in [3.05, 3.63) is 47.8 Å². The average molecular weight is 367 g/mol. The van der Waals surface area contributed by atoms with Crippen LogP contribution in [0.4, 0.5) is 0 Å². The Hall–Kier alpha value is -2.17. The van der Waals surface area contributed by atoms with E-state index in [1.54, 1.807) is 0 Å². The van der Waals surface area contributed by atoms with Gasteiger partial charge >= 0.3 is 0 Å². The summed E-state index contributed by atoms with van der Waals surface area (Å²) in [4.78, 5) is 23.9. The van der Waals surface area contributed by atoms with Gasteiger partial charge in [0.25, 0.3) is 0 Å². The standard InChI is InChI=1S/C22H30N4O/c1-17-15-24-22(26(17)16-19-10-12-23-13-11-19)20-7-4-14-25(20)21(27)9-8-18-5-2-3-6-18/h10-13,15,18,20H,2-9,14,16H2,1H3. The van der Waals surface area contributed by atoms with Crippen LogP contribution in [0.3, 0.4) is 0 Å². The molecule has 4 rings (SSSR count). The first kappa shape index (κ1) is 18.2. The van der Waals surface area contributed by atoms with Crippen molar-refractivity contribution < 1.29 is 4.79 Å². The summed E-state index contributed by atoms with van der Waals surface area (Å²) in [6, 6.07) is 4.21. The van der Waals surface area contributed by atoms with E-state index >= 15 is 0 Å². The Bertz CT molecular complexity index is 764. The fourth-order valence-corrected chi connectivity index (χ4v) is 4.73. The second kappa shape index (κ2) is 8.24. The van der Waals surface area contributed by atoms with Crippen LogP contribution in [0.5, 0.6) is 0 Å². The minimum atomic E-state index is 0.122. The molecular formula is C22H30N4O. The molecule has 3 heterocycles. The lowest BCUT2D eigenvalue weighted by atomic mass is 10.0. The molecule has 5 nitrogen and oxygen atoms in total. The lowest BCUT2D eigenvalue weighted by Gasteiger charge is -2.26. The molecule has 1 saturated carbocycles. The van der Waals surface area contributed by atoms with Crippen molar-refractivity contribution in [2.24, 2.45) is 5.92 Å². The lowest BCUT2D eigenvalue weighted by molar-refractivity contribution is -0.132. The number of aryl methyl sites for hydroxylation is 1. The third kappa shape index (κ3) is 4.07. The molecule has 27 heavy (non-hydrogen) atoms. The van der Waals surface area contributed by atoms with E-state index in [1.807, 2.05) is 30.7 Å². The summed E-state index contributed by atoms with van der Waals surface area (Å²) in [5, 5.41) is 0. The predicted molar refractivity (Wildman–Crippen MR) is 105 cm³/mol. The number of hydrogen-bond donors (Lipinski definition) is 0.